The number of Topliss-reactive ketones (excluding diaryl/α,β-unsaturated/α-hetero) is 1. The molecule has 1 aromatic rings. The van der Waals surface area contributed by atoms with Crippen molar-refractivity contribution in [3.8, 4) is 0 Å². The van der Waals surface area contributed by atoms with E-state index in [9.17, 15) is 9.90 Å². The van der Waals surface area contributed by atoms with E-state index in [1.165, 1.54) is 16.0 Å². The Balaban J connectivity index is 1.18. The van der Waals surface area contributed by atoms with Crippen molar-refractivity contribution in [1.29, 1.82) is 0 Å². The van der Waals surface area contributed by atoms with E-state index in [4.69, 9.17) is 18.9 Å². The fourth-order valence-electron chi connectivity index (χ4n) is 7.19. The number of nitrogens with one attached hydrogen (secondary N) is 2. The lowest BCUT2D eigenvalue weighted by atomic mass is 9.71. The summed E-state index contributed by atoms with van der Waals surface area (Å²) in [4.78, 5) is 16.1. The van der Waals surface area contributed by atoms with E-state index < -0.39 is 18.2 Å². The summed E-state index contributed by atoms with van der Waals surface area (Å²) in [5.74, 6) is -1.17. The Morgan fingerprint density at radius 3 is 2.72 bits per heavy atom. The maximum Gasteiger partial charge on any atom is 0.226 e. The Hall–Kier alpha value is -1.30. The molecule has 11 unspecified atom stereocenters. The summed E-state index contributed by atoms with van der Waals surface area (Å²) in [5, 5.41) is 17.4. The van der Waals surface area contributed by atoms with Crippen molar-refractivity contribution in [2.75, 3.05) is 14.1 Å². The Morgan fingerprint density at radius 2 is 1.95 bits per heavy atom. The molecule has 214 valence electrons. The first kappa shape index (κ1) is 27.8. The Kier molecular flexibility index (Phi) is 7.74. The molecule has 0 bridgehead atoms. The number of likely N-dealkylation sites (N-methyl/N-ethyl adjacent to an activating group) is 2. The quantitative estimate of drug-likeness (QED) is 0.486. The van der Waals surface area contributed by atoms with Crippen LogP contribution in [0.3, 0.4) is 0 Å². The normalized spacial score (nSPS) is 42.3. The number of aryl methyl sites for hydroxylation is 1. The Morgan fingerprint density at radius 1 is 1.15 bits per heavy atom. The molecule has 8 nitrogen and oxygen atoms in total. The van der Waals surface area contributed by atoms with Crippen molar-refractivity contribution < 1.29 is 28.8 Å². The van der Waals surface area contributed by atoms with E-state index in [0.29, 0.717) is 12.8 Å². The smallest absolute Gasteiger partial charge is 0.226 e. The van der Waals surface area contributed by atoms with E-state index >= 15 is 0 Å². The van der Waals surface area contributed by atoms with Gasteiger partial charge in [-0.25, -0.2) is 0 Å². The van der Waals surface area contributed by atoms with Gasteiger partial charge in [0.2, 0.25) is 12.1 Å². The first-order chi connectivity index (χ1) is 18.8. The maximum atomic E-state index is 13.7. The number of aliphatic hydroxyl groups is 1. The van der Waals surface area contributed by atoms with Gasteiger partial charge in [-0.1, -0.05) is 42.5 Å². The number of allylic oxidation sites excluding steroid dienone is 2. The van der Waals surface area contributed by atoms with Gasteiger partial charge in [-0.05, 0) is 70.2 Å². The third-order valence-corrected chi connectivity index (χ3v) is 11.0. The minimum atomic E-state index is -1.06. The monoisotopic (exact) mass is 558 g/mol. The van der Waals surface area contributed by atoms with Gasteiger partial charge >= 0.3 is 0 Å². The minimum Gasteiger partial charge on any atom is -0.390 e. The van der Waals surface area contributed by atoms with Crippen LogP contribution in [0.4, 0.5) is 0 Å². The number of rotatable bonds is 6. The lowest BCUT2D eigenvalue weighted by Gasteiger charge is -2.66. The molecule has 0 aromatic heterocycles. The molecule has 3 N–H and O–H groups in total. The van der Waals surface area contributed by atoms with Crippen molar-refractivity contribution in [3.63, 3.8) is 0 Å². The number of carbonyl (C=O) groups excluding carboxylic acids is 1. The number of aliphatic hydroxyl groups excluding tert-OH is 1. The van der Waals surface area contributed by atoms with E-state index in [1.807, 2.05) is 27.9 Å². The zero-order valence-electron chi connectivity index (χ0n) is 23.5. The van der Waals surface area contributed by atoms with Crippen LogP contribution >= 0.6 is 11.8 Å². The predicted octanol–water partition coefficient (Wildman–Crippen LogP) is 3.17. The first-order valence-electron chi connectivity index (χ1n) is 14.4. The number of thioether (sulfide) groups is 1. The van der Waals surface area contributed by atoms with Crippen LogP contribution in [0.15, 0.2) is 39.6 Å². The fraction of sp³-hybridized carbons (Fsp3) is 0.700. The zero-order valence-corrected chi connectivity index (χ0v) is 24.3. The molecule has 0 amide bonds. The molecule has 5 aliphatic rings. The summed E-state index contributed by atoms with van der Waals surface area (Å²) in [6.07, 6.45) is 1.55. The maximum absolute atomic E-state index is 13.7. The van der Waals surface area contributed by atoms with Crippen LogP contribution in [0.1, 0.15) is 52.0 Å². The summed E-state index contributed by atoms with van der Waals surface area (Å²) in [6.45, 7) is 6.20. The summed E-state index contributed by atoms with van der Waals surface area (Å²) in [6, 6.07) is 8.07. The second-order valence-corrected chi connectivity index (χ2v) is 13.1. The number of fused-ring (bicyclic) bond motifs is 2. The summed E-state index contributed by atoms with van der Waals surface area (Å²) < 4.78 is 26.0. The highest BCUT2D eigenvalue weighted by Gasteiger charge is 2.71. The van der Waals surface area contributed by atoms with E-state index in [0.717, 1.165) is 24.2 Å². The molecule has 1 aliphatic carbocycles. The molecule has 4 fully saturated rings. The lowest BCUT2D eigenvalue weighted by Crippen LogP contribution is -2.80. The average Bonchev–Trinajstić information content (AvgIpc) is 3.07. The van der Waals surface area contributed by atoms with Gasteiger partial charge in [0.25, 0.3) is 0 Å². The van der Waals surface area contributed by atoms with Gasteiger partial charge < -0.3 is 34.7 Å². The molecular formula is C30H42N2O6S. The van der Waals surface area contributed by atoms with Crippen LogP contribution in [0.5, 0.6) is 0 Å². The Bertz CT molecular complexity index is 1130. The third-order valence-electron chi connectivity index (χ3n) is 9.60. The van der Waals surface area contributed by atoms with Crippen LogP contribution in [0.25, 0.3) is 0 Å². The SMILES string of the molecule is CNC1CC2OC3OC(C)CC4C(C(C)C(=O)CC5=C(C)CCc6ccccc6S5)OC34OC2C(NC)C1O. The first-order valence-corrected chi connectivity index (χ1v) is 15.2. The van der Waals surface area contributed by atoms with Gasteiger partial charge in [0, 0.05) is 29.2 Å². The average molecular weight is 559 g/mol. The number of ketones is 1. The van der Waals surface area contributed by atoms with Crippen molar-refractivity contribution in [1.82, 2.24) is 10.6 Å². The molecule has 39 heavy (non-hydrogen) atoms. The molecule has 1 spiro atoms. The van der Waals surface area contributed by atoms with Crippen LogP contribution in [-0.2, 0) is 30.2 Å². The number of ether oxygens (including phenoxy) is 4. The third kappa shape index (κ3) is 4.73. The number of carbonyl (C=O) groups is 1. The van der Waals surface area contributed by atoms with E-state index in [1.54, 1.807) is 11.8 Å². The molecule has 1 aromatic carbocycles. The van der Waals surface area contributed by atoms with Gasteiger partial charge in [-0.2, -0.15) is 0 Å². The van der Waals surface area contributed by atoms with Gasteiger partial charge in [0.05, 0.1) is 30.5 Å². The lowest BCUT2D eigenvalue weighted by molar-refractivity contribution is -0.524. The standard InChI is InChI=1S/C30H42N2O6S/c1-15-10-11-18-8-6-7-9-23(18)39-24(15)14-21(33)17(3)27-19-12-16(2)35-29-30(19,37-27)38-28-22(36-29)13-20(31-4)26(34)25(28)32-5/h6-9,16-17,19-20,22,25-29,31-32,34H,10-14H2,1-5H3. The Labute approximate surface area is 235 Å². The van der Waals surface area contributed by atoms with Gasteiger partial charge in [0.1, 0.15) is 11.9 Å². The molecule has 3 saturated heterocycles. The van der Waals surface area contributed by atoms with Gasteiger partial charge in [-0.3, -0.25) is 4.79 Å². The molecule has 6 rings (SSSR count). The van der Waals surface area contributed by atoms with Crippen LogP contribution in [0.2, 0.25) is 0 Å². The van der Waals surface area contributed by atoms with Crippen molar-refractivity contribution in [2.45, 2.75) is 112 Å². The molecule has 11 atom stereocenters. The fourth-order valence-corrected chi connectivity index (χ4v) is 8.40. The van der Waals surface area contributed by atoms with Crippen LogP contribution < -0.4 is 10.6 Å². The van der Waals surface area contributed by atoms with Crippen LogP contribution in [-0.4, -0.2) is 79.7 Å². The van der Waals surface area contributed by atoms with Crippen molar-refractivity contribution >= 4 is 17.5 Å². The van der Waals surface area contributed by atoms with Gasteiger partial charge in [0.15, 0.2) is 0 Å². The highest BCUT2D eigenvalue weighted by atomic mass is 32.2. The van der Waals surface area contributed by atoms with Crippen LogP contribution in [0, 0.1) is 11.8 Å². The second-order valence-electron chi connectivity index (χ2n) is 12.0. The molecule has 4 aliphatic heterocycles. The predicted molar refractivity (Wildman–Crippen MR) is 148 cm³/mol. The summed E-state index contributed by atoms with van der Waals surface area (Å²) in [7, 11) is 3.68. The number of benzene rings is 1. The van der Waals surface area contributed by atoms with Gasteiger partial charge in [-0.15, -0.1) is 0 Å². The summed E-state index contributed by atoms with van der Waals surface area (Å²) in [5.41, 5.74) is 2.65. The largest absolute Gasteiger partial charge is 0.390 e. The van der Waals surface area contributed by atoms with Crippen molar-refractivity contribution in [2.24, 2.45) is 11.8 Å². The van der Waals surface area contributed by atoms with E-state index in [2.05, 4.69) is 41.8 Å². The number of hydrogen-bond acceptors (Lipinski definition) is 9. The minimum absolute atomic E-state index is 0.0274. The molecular weight excluding hydrogens is 516 g/mol. The molecule has 1 saturated carbocycles. The zero-order chi connectivity index (χ0) is 27.5. The summed E-state index contributed by atoms with van der Waals surface area (Å²) >= 11 is 1.74. The topological polar surface area (TPSA) is 98.3 Å². The highest BCUT2D eigenvalue weighted by Crippen LogP contribution is 2.56. The molecule has 9 heteroatoms. The number of hydrogen-bond donors (Lipinski definition) is 3. The molecule has 0 radical (unpaired) electrons. The van der Waals surface area contributed by atoms with Crippen molar-refractivity contribution in [3.05, 3.63) is 40.3 Å². The second kappa shape index (κ2) is 10.8. The highest BCUT2D eigenvalue weighted by molar-refractivity contribution is 8.03. The van der Waals surface area contributed by atoms with E-state index in [-0.39, 0.29) is 54.1 Å². The molecule has 4 heterocycles.